The SMILES string of the molecule is NC(=O)n1c[c]c2cc(-c3cccc(CN4CCCC(F)(F)C4)c3)cnc21. The van der Waals surface area contributed by atoms with E-state index in [1.165, 1.54) is 10.8 Å². The van der Waals surface area contributed by atoms with Crippen LogP contribution in [-0.2, 0) is 6.54 Å². The summed E-state index contributed by atoms with van der Waals surface area (Å²) in [6.07, 6.45) is 3.62. The van der Waals surface area contributed by atoms with Gasteiger partial charge in [-0.3, -0.25) is 9.47 Å². The minimum atomic E-state index is -2.60. The number of nitrogens with zero attached hydrogens (tertiary/aromatic N) is 3. The molecule has 0 saturated carbocycles. The maximum absolute atomic E-state index is 13.6. The van der Waals surface area contributed by atoms with Crippen molar-refractivity contribution in [2.24, 2.45) is 5.73 Å². The van der Waals surface area contributed by atoms with E-state index < -0.39 is 12.0 Å². The van der Waals surface area contributed by atoms with Crippen LogP contribution in [0.5, 0.6) is 0 Å². The summed E-state index contributed by atoms with van der Waals surface area (Å²) in [6.45, 7) is 0.979. The number of hydrogen-bond donors (Lipinski definition) is 1. The Labute approximate surface area is 155 Å². The molecule has 0 aliphatic carbocycles. The maximum atomic E-state index is 13.6. The molecule has 1 fully saturated rings. The molecule has 3 heterocycles. The van der Waals surface area contributed by atoms with Crippen LogP contribution in [0.2, 0.25) is 0 Å². The van der Waals surface area contributed by atoms with Crippen molar-refractivity contribution < 1.29 is 13.6 Å². The van der Waals surface area contributed by atoms with Gasteiger partial charge in [0, 0.05) is 42.4 Å². The number of halogens is 2. The van der Waals surface area contributed by atoms with Crippen LogP contribution < -0.4 is 5.73 Å². The second-order valence-electron chi connectivity index (χ2n) is 6.95. The number of pyridine rings is 1. The molecule has 139 valence electrons. The number of aromatic nitrogens is 2. The van der Waals surface area contributed by atoms with E-state index >= 15 is 0 Å². The highest BCUT2D eigenvalue weighted by Crippen LogP contribution is 2.28. The van der Waals surface area contributed by atoms with E-state index in [1.54, 1.807) is 11.1 Å². The number of amides is 1. The standard InChI is InChI=1S/C20H19F2N4O/c21-20(22)6-2-7-25(13-20)12-14-3-1-4-15(9-14)17-10-16-5-8-26(19(23)27)18(16)24-11-17/h1,3-4,8-11H,2,6-7,12-13H2,(H2,23,27). The maximum Gasteiger partial charge on any atom is 0.324 e. The molecule has 0 atom stereocenters. The lowest BCUT2D eigenvalue weighted by Gasteiger charge is -2.32. The van der Waals surface area contributed by atoms with Crippen molar-refractivity contribution in [3.05, 3.63) is 54.4 Å². The number of primary amides is 1. The molecule has 0 spiro atoms. The smallest absolute Gasteiger partial charge is 0.324 e. The third-order valence-electron chi connectivity index (χ3n) is 4.82. The molecule has 2 N–H and O–H groups in total. The van der Waals surface area contributed by atoms with Gasteiger partial charge < -0.3 is 5.73 Å². The number of nitrogens with two attached hydrogens (primary N) is 1. The van der Waals surface area contributed by atoms with Crippen LogP contribution in [0.4, 0.5) is 13.6 Å². The van der Waals surface area contributed by atoms with E-state index in [0.29, 0.717) is 30.5 Å². The molecule has 3 aromatic rings. The predicted molar refractivity (Wildman–Crippen MR) is 98.4 cm³/mol. The summed E-state index contributed by atoms with van der Waals surface area (Å²) in [7, 11) is 0. The number of rotatable bonds is 3. The third-order valence-corrected chi connectivity index (χ3v) is 4.82. The van der Waals surface area contributed by atoms with Crippen LogP contribution in [0.3, 0.4) is 0 Å². The van der Waals surface area contributed by atoms with E-state index in [0.717, 1.165) is 16.7 Å². The Bertz CT molecular complexity index is 999. The molecule has 1 amide bonds. The van der Waals surface area contributed by atoms with E-state index in [4.69, 9.17) is 5.73 Å². The van der Waals surface area contributed by atoms with E-state index in [2.05, 4.69) is 11.1 Å². The molecule has 7 heteroatoms. The first-order chi connectivity index (χ1) is 12.9. The van der Waals surface area contributed by atoms with E-state index in [-0.39, 0.29) is 13.0 Å². The summed E-state index contributed by atoms with van der Waals surface area (Å²) in [5.41, 5.74) is 8.54. The van der Waals surface area contributed by atoms with Crippen molar-refractivity contribution in [2.45, 2.75) is 25.3 Å². The monoisotopic (exact) mass is 369 g/mol. The van der Waals surface area contributed by atoms with Crippen molar-refractivity contribution in [1.82, 2.24) is 14.5 Å². The first-order valence-electron chi connectivity index (χ1n) is 8.79. The zero-order valence-corrected chi connectivity index (χ0v) is 14.7. The zero-order valence-electron chi connectivity index (χ0n) is 14.7. The number of fused-ring (bicyclic) bond motifs is 1. The molecule has 1 radical (unpaired) electrons. The Balaban J connectivity index is 1.59. The highest BCUT2D eigenvalue weighted by atomic mass is 19.3. The molecule has 2 aromatic heterocycles. The number of hydrogen-bond acceptors (Lipinski definition) is 3. The first-order valence-corrected chi connectivity index (χ1v) is 8.79. The third kappa shape index (κ3) is 3.68. The zero-order chi connectivity index (χ0) is 19.0. The summed E-state index contributed by atoms with van der Waals surface area (Å²) in [6, 6.07) is 12.0. The Hall–Kier alpha value is -2.80. The van der Waals surface area contributed by atoms with Crippen LogP contribution in [0.25, 0.3) is 22.2 Å². The number of alkyl halides is 2. The van der Waals surface area contributed by atoms with Gasteiger partial charge >= 0.3 is 6.03 Å². The highest BCUT2D eigenvalue weighted by Gasteiger charge is 2.34. The van der Waals surface area contributed by atoms with Gasteiger partial charge in [-0.1, -0.05) is 18.2 Å². The van der Waals surface area contributed by atoms with Crippen molar-refractivity contribution >= 4 is 17.1 Å². The molecular weight excluding hydrogens is 350 g/mol. The van der Waals surface area contributed by atoms with Gasteiger partial charge in [0.25, 0.3) is 5.92 Å². The Morgan fingerprint density at radius 2 is 2.15 bits per heavy atom. The lowest BCUT2D eigenvalue weighted by Crippen LogP contribution is -2.41. The number of piperidine rings is 1. The minimum Gasteiger partial charge on any atom is -0.351 e. The second kappa shape index (κ2) is 6.74. The quantitative estimate of drug-likeness (QED) is 0.766. The van der Waals surface area contributed by atoms with Crippen molar-refractivity contribution in [2.75, 3.05) is 13.1 Å². The minimum absolute atomic E-state index is 0.0311. The van der Waals surface area contributed by atoms with E-state index in [9.17, 15) is 13.6 Å². The van der Waals surface area contributed by atoms with Gasteiger partial charge in [-0.15, -0.1) is 0 Å². The molecule has 1 saturated heterocycles. The first kappa shape index (κ1) is 17.6. The molecule has 27 heavy (non-hydrogen) atoms. The van der Waals surface area contributed by atoms with Gasteiger partial charge in [-0.25, -0.2) is 18.6 Å². The summed E-state index contributed by atoms with van der Waals surface area (Å²) in [5.74, 6) is -2.60. The normalized spacial score (nSPS) is 17.3. The number of benzene rings is 1. The predicted octanol–water partition coefficient (Wildman–Crippen LogP) is 3.66. The Kier molecular flexibility index (Phi) is 4.39. The summed E-state index contributed by atoms with van der Waals surface area (Å²) in [4.78, 5) is 17.5. The van der Waals surface area contributed by atoms with Crippen molar-refractivity contribution in [3.63, 3.8) is 0 Å². The molecule has 4 rings (SSSR count). The second-order valence-corrected chi connectivity index (χ2v) is 6.95. The van der Waals surface area contributed by atoms with Crippen molar-refractivity contribution in [1.29, 1.82) is 0 Å². The van der Waals surface area contributed by atoms with E-state index in [1.807, 2.05) is 30.3 Å². The summed E-state index contributed by atoms with van der Waals surface area (Å²) in [5, 5.41) is 0.687. The van der Waals surface area contributed by atoms with Gasteiger partial charge in [-0.05, 0) is 36.2 Å². The largest absolute Gasteiger partial charge is 0.351 e. The molecular formula is C20H19F2N4O. The summed E-state index contributed by atoms with van der Waals surface area (Å²) >= 11 is 0. The number of carbonyl (C=O) groups is 1. The lowest BCUT2D eigenvalue weighted by molar-refractivity contribution is -0.0661. The Morgan fingerprint density at radius 1 is 1.30 bits per heavy atom. The van der Waals surface area contributed by atoms with Gasteiger partial charge in [-0.2, -0.15) is 0 Å². The molecule has 5 nitrogen and oxygen atoms in total. The van der Waals surface area contributed by atoms with Crippen LogP contribution in [0, 0.1) is 6.07 Å². The van der Waals surface area contributed by atoms with Crippen molar-refractivity contribution in [3.8, 4) is 11.1 Å². The average Bonchev–Trinajstić information content (AvgIpc) is 3.04. The Morgan fingerprint density at radius 3 is 2.93 bits per heavy atom. The highest BCUT2D eigenvalue weighted by molar-refractivity contribution is 5.90. The lowest BCUT2D eigenvalue weighted by atomic mass is 10.0. The molecule has 1 aliphatic heterocycles. The molecule has 1 aromatic carbocycles. The fourth-order valence-corrected chi connectivity index (χ4v) is 3.57. The van der Waals surface area contributed by atoms with Crippen LogP contribution >= 0.6 is 0 Å². The number of likely N-dealkylation sites (tertiary alicyclic amines) is 1. The van der Waals surface area contributed by atoms with Crippen LogP contribution in [-0.4, -0.2) is 39.5 Å². The van der Waals surface area contributed by atoms with Gasteiger partial charge in [0.15, 0.2) is 0 Å². The molecule has 0 bridgehead atoms. The summed E-state index contributed by atoms with van der Waals surface area (Å²) < 4.78 is 28.5. The van der Waals surface area contributed by atoms with Crippen LogP contribution in [0.1, 0.15) is 18.4 Å². The van der Waals surface area contributed by atoms with Crippen LogP contribution in [0.15, 0.2) is 42.7 Å². The van der Waals surface area contributed by atoms with Gasteiger partial charge in [0.2, 0.25) is 0 Å². The fourth-order valence-electron chi connectivity index (χ4n) is 3.57. The fraction of sp³-hybridized carbons (Fsp3) is 0.300. The average molecular weight is 369 g/mol. The van der Waals surface area contributed by atoms with Gasteiger partial charge in [0.1, 0.15) is 5.65 Å². The number of carbonyl (C=O) groups excluding carboxylic acids is 1. The molecule has 0 unspecified atom stereocenters. The molecule has 1 aliphatic rings. The van der Waals surface area contributed by atoms with Gasteiger partial charge in [0.05, 0.1) is 6.54 Å². The topological polar surface area (TPSA) is 64.2 Å².